The Bertz CT molecular complexity index is 1930. The summed E-state index contributed by atoms with van der Waals surface area (Å²) in [5, 5.41) is 19.7. The maximum absolute atomic E-state index is 14.9. The van der Waals surface area contributed by atoms with Crippen molar-refractivity contribution in [2.45, 2.75) is 39.2 Å². The van der Waals surface area contributed by atoms with Gasteiger partial charge in [0.05, 0.1) is 0 Å². The Morgan fingerprint density at radius 1 is 0.326 bits per heavy atom. The largest absolute Gasteiger partial charge is 0.508 e. The summed E-state index contributed by atoms with van der Waals surface area (Å²) in [6.45, 7) is 0. The molecule has 8 heteroatoms. The fourth-order valence-electron chi connectivity index (χ4n) is 5.13. The number of phenols is 2. The van der Waals surface area contributed by atoms with Crippen LogP contribution in [0, 0.1) is 0 Å². The molecule has 0 spiro atoms. The first-order valence-corrected chi connectivity index (χ1v) is 17.5. The molecule has 7 rings (SSSR count). The van der Waals surface area contributed by atoms with E-state index in [-0.39, 0.29) is 23.1 Å². The number of fused-ring (bicyclic) bond motifs is 2. The van der Waals surface area contributed by atoms with Gasteiger partial charge in [-0.2, -0.15) is 0 Å². The van der Waals surface area contributed by atoms with E-state index in [1.54, 1.807) is 48.5 Å². The van der Waals surface area contributed by atoms with Gasteiger partial charge in [0.25, 0.3) is 0 Å². The Balaban J connectivity index is 1.42. The van der Waals surface area contributed by atoms with Crippen molar-refractivity contribution in [3.63, 3.8) is 0 Å². The monoisotopic (exact) mass is 672 g/mol. The van der Waals surface area contributed by atoms with Gasteiger partial charge in [0.2, 0.25) is 0 Å². The normalized spacial score (nSPS) is 12.1. The van der Waals surface area contributed by atoms with Crippen LogP contribution in [0.4, 0.5) is 0 Å². The number of carbonyl (C=O) groups is 2. The van der Waals surface area contributed by atoms with E-state index in [1.165, 1.54) is 47.0 Å². The minimum atomic E-state index is -0.201. The second-order valence-electron chi connectivity index (χ2n) is 10.3. The van der Waals surface area contributed by atoms with Gasteiger partial charge in [-0.3, -0.25) is 9.59 Å². The maximum Gasteiger partial charge on any atom is 0.196 e. The first-order chi connectivity index (χ1) is 22.4. The first kappa shape index (κ1) is 30.3. The van der Waals surface area contributed by atoms with Crippen molar-refractivity contribution in [3.8, 4) is 11.5 Å². The van der Waals surface area contributed by atoms with Crippen LogP contribution in [-0.4, -0.2) is 21.8 Å². The molecule has 4 nitrogen and oxygen atoms in total. The van der Waals surface area contributed by atoms with Crippen LogP contribution in [0.1, 0.15) is 31.8 Å². The zero-order chi connectivity index (χ0) is 31.6. The summed E-state index contributed by atoms with van der Waals surface area (Å²) in [6.07, 6.45) is 0. The van der Waals surface area contributed by atoms with Gasteiger partial charge in [0, 0.05) is 61.4 Å². The third kappa shape index (κ3) is 6.22. The van der Waals surface area contributed by atoms with E-state index >= 15 is 0 Å². The molecular formula is C38H24O4S4. The molecule has 1 aliphatic carbocycles. The summed E-state index contributed by atoms with van der Waals surface area (Å²) < 4.78 is 0. The highest BCUT2D eigenvalue weighted by Gasteiger charge is 2.38. The number of aromatic hydroxyl groups is 2. The summed E-state index contributed by atoms with van der Waals surface area (Å²) >= 11 is 5.72. The average molecular weight is 673 g/mol. The van der Waals surface area contributed by atoms with E-state index in [9.17, 15) is 19.8 Å². The quantitative estimate of drug-likeness (QED) is 0.165. The van der Waals surface area contributed by atoms with Crippen molar-refractivity contribution < 1.29 is 19.8 Å². The molecule has 0 aromatic heterocycles. The lowest BCUT2D eigenvalue weighted by molar-refractivity contribution is 0.0970. The molecule has 2 N–H and O–H groups in total. The van der Waals surface area contributed by atoms with Crippen molar-refractivity contribution in [3.05, 3.63) is 156 Å². The van der Waals surface area contributed by atoms with E-state index in [2.05, 4.69) is 0 Å². The van der Waals surface area contributed by atoms with Gasteiger partial charge in [0.15, 0.2) is 11.6 Å². The van der Waals surface area contributed by atoms with E-state index in [4.69, 9.17) is 0 Å². The molecule has 0 atom stereocenters. The highest BCUT2D eigenvalue weighted by molar-refractivity contribution is 8.00. The molecule has 1 aliphatic rings. The molecule has 0 heterocycles. The summed E-state index contributed by atoms with van der Waals surface area (Å²) in [5.74, 6) is -0.0919. The van der Waals surface area contributed by atoms with E-state index < -0.39 is 0 Å². The van der Waals surface area contributed by atoms with Gasteiger partial charge in [-0.15, -0.1) is 0 Å². The van der Waals surface area contributed by atoms with Crippen molar-refractivity contribution >= 4 is 58.6 Å². The highest BCUT2D eigenvalue weighted by Crippen LogP contribution is 2.48. The minimum Gasteiger partial charge on any atom is -0.508 e. The minimum absolute atomic E-state index is 0.155. The van der Waals surface area contributed by atoms with Crippen LogP contribution in [0.25, 0.3) is 0 Å². The molecule has 6 aromatic carbocycles. The number of hydrogen-bond donors (Lipinski definition) is 2. The predicted molar refractivity (Wildman–Crippen MR) is 185 cm³/mol. The Labute approximate surface area is 283 Å². The molecule has 0 fully saturated rings. The van der Waals surface area contributed by atoms with Crippen LogP contribution in [0.3, 0.4) is 0 Å². The van der Waals surface area contributed by atoms with Gasteiger partial charge in [-0.05, 0) is 97.1 Å². The molecule has 0 bridgehead atoms. The number of ketones is 2. The number of rotatable bonds is 8. The lowest BCUT2D eigenvalue weighted by atomic mass is 9.84. The molecule has 224 valence electrons. The summed E-state index contributed by atoms with van der Waals surface area (Å²) in [6, 6.07) is 40.9. The molecule has 0 saturated heterocycles. The standard InChI is InChI=1S/C38H24O4S4/c39-23-11-15-27(16-12-23)45-31-21-19-29(43-25-7-3-1-4-8-25)33-35(31)38(42)34-30(44-26-9-5-2-6-10-26)20-22-32(36(34)37(33)41)46-28-17-13-24(40)14-18-28/h1-22,39-40H. The van der Waals surface area contributed by atoms with E-state index in [0.29, 0.717) is 41.8 Å². The molecular weight excluding hydrogens is 649 g/mol. The smallest absolute Gasteiger partial charge is 0.196 e. The Morgan fingerprint density at radius 3 is 0.870 bits per heavy atom. The van der Waals surface area contributed by atoms with Gasteiger partial charge >= 0.3 is 0 Å². The van der Waals surface area contributed by atoms with Crippen molar-refractivity contribution in [1.82, 2.24) is 0 Å². The molecule has 6 aromatic rings. The van der Waals surface area contributed by atoms with Crippen LogP contribution >= 0.6 is 47.0 Å². The molecule has 0 radical (unpaired) electrons. The van der Waals surface area contributed by atoms with Gasteiger partial charge in [-0.1, -0.05) is 83.4 Å². The third-order valence-electron chi connectivity index (χ3n) is 7.24. The van der Waals surface area contributed by atoms with Crippen molar-refractivity contribution in [2.24, 2.45) is 0 Å². The fourth-order valence-corrected chi connectivity index (χ4v) is 9.01. The number of benzene rings is 6. The van der Waals surface area contributed by atoms with Crippen LogP contribution in [-0.2, 0) is 0 Å². The molecule has 0 amide bonds. The lowest BCUT2D eigenvalue weighted by Gasteiger charge is -2.26. The fraction of sp³-hybridized carbons (Fsp3) is 0. The number of phenolic OH excluding ortho intramolecular Hbond substituents is 2. The van der Waals surface area contributed by atoms with Gasteiger partial charge in [-0.25, -0.2) is 0 Å². The Morgan fingerprint density at radius 2 is 0.587 bits per heavy atom. The summed E-state index contributed by atoms with van der Waals surface area (Å²) in [5.41, 5.74) is 1.56. The van der Waals surface area contributed by atoms with Crippen molar-refractivity contribution in [2.75, 3.05) is 0 Å². The molecule has 0 aliphatic heterocycles. The topological polar surface area (TPSA) is 74.6 Å². The van der Waals surface area contributed by atoms with Gasteiger partial charge in [0.1, 0.15) is 11.5 Å². The third-order valence-corrected chi connectivity index (χ3v) is 11.5. The van der Waals surface area contributed by atoms with E-state index in [1.807, 2.05) is 84.9 Å². The van der Waals surface area contributed by atoms with Crippen LogP contribution in [0.15, 0.2) is 173 Å². The highest BCUT2D eigenvalue weighted by atomic mass is 32.2. The predicted octanol–water partition coefficient (Wildman–Crippen LogP) is 10.5. The van der Waals surface area contributed by atoms with Gasteiger partial charge < -0.3 is 10.2 Å². The van der Waals surface area contributed by atoms with Crippen LogP contribution < -0.4 is 0 Å². The zero-order valence-electron chi connectivity index (χ0n) is 24.0. The average Bonchev–Trinajstić information content (AvgIpc) is 3.07. The summed E-state index contributed by atoms with van der Waals surface area (Å²) in [7, 11) is 0. The second kappa shape index (κ2) is 13.2. The number of carbonyl (C=O) groups excluding carboxylic acids is 2. The Kier molecular flexibility index (Phi) is 8.69. The maximum atomic E-state index is 14.9. The second-order valence-corrected chi connectivity index (χ2v) is 14.8. The SMILES string of the molecule is O=C1c2c(Sc3ccccc3)ccc(Sc3ccc(O)cc3)c2C(=O)c2c(Sc3ccccc3)ccc(Sc3ccc(O)cc3)c21. The zero-order valence-corrected chi connectivity index (χ0v) is 27.3. The van der Waals surface area contributed by atoms with Crippen LogP contribution in [0.2, 0.25) is 0 Å². The molecule has 46 heavy (non-hydrogen) atoms. The Hall–Kier alpha value is -4.34. The number of hydrogen-bond acceptors (Lipinski definition) is 8. The first-order valence-electron chi connectivity index (χ1n) is 14.3. The van der Waals surface area contributed by atoms with Crippen molar-refractivity contribution in [1.29, 1.82) is 0 Å². The molecule has 0 unspecified atom stereocenters. The van der Waals surface area contributed by atoms with Crippen LogP contribution in [0.5, 0.6) is 11.5 Å². The van der Waals surface area contributed by atoms with E-state index in [0.717, 1.165) is 19.6 Å². The summed E-state index contributed by atoms with van der Waals surface area (Å²) in [4.78, 5) is 36.2. The lowest BCUT2D eigenvalue weighted by Crippen LogP contribution is -2.24. The molecule has 0 saturated carbocycles.